The van der Waals surface area contributed by atoms with Crippen LogP contribution in [0.3, 0.4) is 0 Å². The number of rotatable bonds is 6. The minimum Gasteiger partial charge on any atom is -0.489 e. The van der Waals surface area contributed by atoms with E-state index in [1.54, 1.807) is 0 Å². The molecule has 0 fully saturated rings. The largest absolute Gasteiger partial charge is 0.489 e. The van der Waals surface area contributed by atoms with Crippen LogP contribution in [0.4, 0.5) is 0 Å². The predicted molar refractivity (Wildman–Crippen MR) is 64.3 cm³/mol. The molecule has 15 heavy (non-hydrogen) atoms. The molecular weight excluding hydrogens is 186 g/mol. The summed E-state index contributed by atoms with van der Waals surface area (Å²) in [4.78, 5) is 0. The average molecular weight is 207 g/mol. The van der Waals surface area contributed by atoms with Crippen molar-refractivity contribution in [3.63, 3.8) is 0 Å². The maximum absolute atomic E-state index is 5.86. The van der Waals surface area contributed by atoms with E-state index in [0.29, 0.717) is 6.04 Å². The van der Waals surface area contributed by atoms with Gasteiger partial charge in [-0.15, -0.1) is 0 Å². The molecule has 1 rings (SSSR count). The lowest BCUT2D eigenvalue weighted by atomic mass is 10.1. The Kier molecular flexibility index (Phi) is 5.19. The topological polar surface area (TPSA) is 21.3 Å². The van der Waals surface area contributed by atoms with Crippen molar-refractivity contribution in [3.05, 3.63) is 30.3 Å². The van der Waals surface area contributed by atoms with Gasteiger partial charge < -0.3 is 10.1 Å². The summed E-state index contributed by atoms with van der Waals surface area (Å²) in [5.41, 5.74) is 0. The lowest BCUT2D eigenvalue weighted by Crippen LogP contribution is -2.40. The van der Waals surface area contributed by atoms with Crippen LogP contribution in [0.15, 0.2) is 30.3 Å². The zero-order valence-electron chi connectivity index (χ0n) is 9.86. The summed E-state index contributed by atoms with van der Waals surface area (Å²) in [6, 6.07) is 10.4. The highest BCUT2D eigenvalue weighted by Crippen LogP contribution is 2.13. The van der Waals surface area contributed by atoms with Crippen LogP contribution in [-0.4, -0.2) is 18.7 Å². The third-order valence-corrected chi connectivity index (χ3v) is 2.54. The molecule has 84 valence electrons. The van der Waals surface area contributed by atoms with Gasteiger partial charge in [-0.25, -0.2) is 0 Å². The number of benzene rings is 1. The van der Waals surface area contributed by atoms with Gasteiger partial charge in [0.25, 0.3) is 0 Å². The van der Waals surface area contributed by atoms with Crippen molar-refractivity contribution in [2.24, 2.45) is 0 Å². The Hall–Kier alpha value is -1.02. The second-order valence-electron chi connectivity index (χ2n) is 3.71. The molecule has 2 heteroatoms. The standard InChI is InChI=1S/C13H21NO/c1-4-13(14-5-2)11(3)15-12-9-7-6-8-10-12/h6-11,13-14H,4-5H2,1-3H3. The Morgan fingerprint density at radius 3 is 2.40 bits per heavy atom. The summed E-state index contributed by atoms with van der Waals surface area (Å²) in [6.07, 6.45) is 1.29. The fraction of sp³-hybridized carbons (Fsp3) is 0.538. The zero-order valence-corrected chi connectivity index (χ0v) is 9.86. The molecule has 0 radical (unpaired) electrons. The first kappa shape index (κ1) is 12.1. The fourth-order valence-electron chi connectivity index (χ4n) is 1.70. The van der Waals surface area contributed by atoms with Gasteiger partial charge in [0.1, 0.15) is 11.9 Å². The van der Waals surface area contributed by atoms with Gasteiger partial charge in [0, 0.05) is 6.04 Å². The summed E-state index contributed by atoms with van der Waals surface area (Å²) in [5.74, 6) is 0.946. The molecule has 0 spiro atoms. The number of para-hydroxylation sites is 1. The summed E-state index contributed by atoms with van der Waals surface area (Å²) in [6.45, 7) is 7.40. The molecular formula is C13H21NO. The second-order valence-corrected chi connectivity index (χ2v) is 3.71. The first-order valence-corrected chi connectivity index (χ1v) is 5.73. The quantitative estimate of drug-likeness (QED) is 0.774. The maximum atomic E-state index is 5.86. The van der Waals surface area contributed by atoms with E-state index in [9.17, 15) is 0 Å². The third-order valence-electron chi connectivity index (χ3n) is 2.54. The minimum atomic E-state index is 0.206. The van der Waals surface area contributed by atoms with E-state index in [1.165, 1.54) is 0 Å². The van der Waals surface area contributed by atoms with Crippen LogP contribution in [0.5, 0.6) is 5.75 Å². The lowest BCUT2D eigenvalue weighted by molar-refractivity contribution is 0.168. The molecule has 2 atom stereocenters. The molecule has 0 aromatic heterocycles. The van der Waals surface area contributed by atoms with Crippen molar-refractivity contribution in [2.75, 3.05) is 6.54 Å². The van der Waals surface area contributed by atoms with Crippen molar-refractivity contribution in [1.82, 2.24) is 5.32 Å². The van der Waals surface area contributed by atoms with E-state index in [2.05, 4.69) is 26.1 Å². The first-order chi connectivity index (χ1) is 7.27. The molecule has 0 aliphatic rings. The van der Waals surface area contributed by atoms with Crippen molar-refractivity contribution in [1.29, 1.82) is 0 Å². The van der Waals surface area contributed by atoms with Crippen molar-refractivity contribution in [3.8, 4) is 5.75 Å². The second kappa shape index (κ2) is 6.46. The maximum Gasteiger partial charge on any atom is 0.119 e. The Balaban J connectivity index is 2.50. The Labute approximate surface area is 92.6 Å². The fourth-order valence-corrected chi connectivity index (χ4v) is 1.70. The Morgan fingerprint density at radius 1 is 1.20 bits per heavy atom. The van der Waals surface area contributed by atoms with E-state index in [-0.39, 0.29) is 6.10 Å². The minimum absolute atomic E-state index is 0.206. The third kappa shape index (κ3) is 3.92. The monoisotopic (exact) mass is 207 g/mol. The van der Waals surface area contributed by atoms with Crippen LogP contribution >= 0.6 is 0 Å². The summed E-state index contributed by atoms with van der Waals surface area (Å²) in [7, 11) is 0. The van der Waals surface area contributed by atoms with Gasteiger partial charge >= 0.3 is 0 Å². The summed E-state index contributed by atoms with van der Waals surface area (Å²) in [5, 5.41) is 3.43. The summed E-state index contributed by atoms with van der Waals surface area (Å²) < 4.78 is 5.86. The molecule has 0 aliphatic carbocycles. The van der Waals surface area contributed by atoms with Crippen LogP contribution in [0.2, 0.25) is 0 Å². The van der Waals surface area contributed by atoms with Crippen LogP contribution in [0.1, 0.15) is 27.2 Å². The zero-order chi connectivity index (χ0) is 11.1. The molecule has 0 aliphatic heterocycles. The highest BCUT2D eigenvalue weighted by atomic mass is 16.5. The smallest absolute Gasteiger partial charge is 0.119 e. The highest BCUT2D eigenvalue weighted by Gasteiger charge is 2.15. The molecule has 1 aromatic carbocycles. The number of hydrogen-bond acceptors (Lipinski definition) is 2. The molecule has 0 heterocycles. The molecule has 0 saturated heterocycles. The van der Waals surface area contributed by atoms with Crippen LogP contribution in [0, 0.1) is 0 Å². The molecule has 2 unspecified atom stereocenters. The van der Waals surface area contributed by atoms with Gasteiger partial charge in [0.15, 0.2) is 0 Å². The van der Waals surface area contributed by atoms with Gasteiger partial charge in [-0.3, -0.25) is 0 Å². The van der Waals surface area contributed by atoms with Gasteiger partial charge in [0.05, 0.1) is 0 Å². The molecule has 1 aromatic rings. The normalized spacial score (nSPS) is 14.6. The van der Waals surface area contributed by atoms with Crippen LogP contribution in [-0.2, 0) is 0 Å². The van der Waals surface area contributed by atoms with Crippen molar-refractivity contribution < 1.29 is 4.74 Å². The summed E-state index contributed by atoms with van der Waals surface area (Å²) >= 11 is 0. The first-order valence-electron chi connectivity index (χ1n) is 5.73. The molecule has 0 amide bonds. The van der Waals surface area contributed by atoms with Gasteiger partial charge in [-0.2, -0.15) is 0 Å². The van der Waals surface area contributed by atoms with Gasteiger partial charge in [0.2, 0.25) is 0 Å². The molecule has 0 bridgehead atoms. The molecule has 1 N–H and O–H groups in total. The molecule has 0 saturated carbocycles. The van der Waals surface area contributed by atoms with Crippen LogP contribution < -0.4 is 10.1 Å². The highest BCUT2D eigenvalue weighted by molar-refractivity contribution is 5.21. The Bertz CT molecular complexity index is 260. The van der Waals surface area contributed by atoms with E-state index in [0.717, 1.165) is 18.7 Å². The van der Waals surface area contributed by atoms with Crippen molar-refractivity contribution in [2.45, 2.75) is 39.3 Å². The number of nitrogens with one attached hydrogen (secondary N) is 1. The van der Waals surface area contributed by atoms with Crippen molar-refractivity contribution >= 4 is 0 Å². The SMILES string of the molecule is CCNC(CC)C(C)Oc1ccccc1. The van der Waals surface area contributed by atoms with E-state index < -0.39 is 0 Å². The number of likely N-dealkylation sites (N-methyl/N-ethyl adjacent to an activating group) is 1. The van der Waals surface area contributed by atoms with E-state index in [1.807, 2.05) is 30.3 Å². The van der Waals surface area contributed by atoms with Gasteiger partial charge in [-0.05, 0) is 32.0 Å². The Morgan fingerprint density at radius 2 is 1.87 bits per heavy atom. The van der Waals surface area contributed by atoms with Gasteiger partial charge in [-0.1, -0.05) is 32.0 Å². The van der Waals surface area contributed by atoms with Crippen LogP contribution in [0.25, 0.3) is 0 Å². The average Bonchev–Trinajstić information content (AvgIpc) is 2.27. The van der Waals surface area contributed by atoms with E-state index in [4.69, 9.17) is 4.74 Å². The number of hydrogen-bond donors (Lipinski definition) is 1. The van der Waals surface area contributed by atoms with E-state index >= 15 is 0 Å². The lowest BCUT2D eigenvalue weighted by Gasteiger charge is -2.24. The number of ether oxygens (including phenoxy) is 1. The molecule has 2 nitrogen and oxygen atoms in total. The predicted octanol–water partition coefficient (Wildman–Crippen LogP) is 2.84.